The Morgan fingerprint density at radius 3 is 2.68 bits per heavy atom. The number of rotatable bonds is 3. The van der Waals surface area contributed by atoms with E-state index in [9.17, 15) is 14.9 Å². The Hall–Kier alpha value is -1.66. The summed E-state index contributed by atoms with van der Waals surface area (Å²) in [6.45, 7) is 1.65. The van der Waals surface area contributed by atoms with Crippen LogP contribution in [0.15, 0.2) is 18.2 Å². The summed E-state index contributed by atoms with van der Waals surface area (Å²) in [5, 5.41) is 16.7. The van der Waals surface area contributed by atoms with Crippen LogP contribution in [-0.4, -0.2) is 23.9 Å². The maximum Gasteiger partial charge on any atom is 0.271 e. The first kappa shape index (κ1) is 13.8. The van der Waals surface area contributed by atoms with E-state index in [0.717, 1.165) is 25.9 Å². The first-order valence-electron chi connectivity index (χ1n) is 6.03. The molecule has 6 nitrogen and oxygen atoms in total. The second-order valence-electron chi connectivity index (χ2n) is 4.43. The van der Waals surface area contributed by atoms with E-state index in [4.69, 9.17) is 11.6 Å². The number of halogens is 1. The van der Waals surface area contributed by atoms with Crippen molar-refractivity contribution < 1.29 is 9.72 Å². The van der Waals surface area contributed by atoms with Crippen molar-refractivity contribution in [3.05, 3.63) is 33.3 Å². The number of carbonyl (C=O) groups is 1. The average molecular weight is 284 g/mol. The monoisotopic (exact) mass is 283 g/mol. The molecule has 0 atom stereocenters. The molecule has 1 aliphatic rings. The topological polar surface area (TPSA) is 84.3 Å². The minimum Gasteiger partial charge on any atom is -0.325 e. The summed E-state index contributed by atoms with van der Waals surface area (Å²) in [4.78, 5) is 22.1. The molecule has 0 spiro atoms. The molecule has 1 saturated heterocycles. The molecule has 2 N–H and O–H groups in total. The van der Waals surface area contributed by atoms with Crippen LogP contribution in [0.3, 0.4) is 0 Å². The molecule has 2 rings (SSSR count). The third kappa shape index (κ3) is 3.42. The number of hydrogen-bond donors (Lipinski definition) is 2. The lowest BCUT2D eigenvalue weighted by Crippen LogP contribution is -2.34. The molecule has 1 aliphatic heterocycles. The molecule has 0 aliphatic carbocycles. The van der Waals surface area contributed by atoms with Crippen LogP contribution in [0.1, 0.15) is 12.8 Å². The lowest BCUT2D eigenvalue weighted by atomic mass is 9.97. The molecule has 1 aromatic carbocycles. The predicted octanol–water partition coefficient (Wildman–Crippen LogP) is 2.19. The van der Waals surface area contributed by atoms with Gasteiger partial charge in [-0.1, -0.05) is 11.6 Å². The minimum atomic E-state index is -0.524. The van der Waals surface area contributed by atoms with Gasteiger partial charge in [-0.15, -0.1) is 0 Å². The molecule has 0 aromatic heterocycles. The zero-order valence-electron chi connectivity index (χ0n) is 10.2. The normalized spacial score (nSPS) is 16.1. The van der Waals surface area contributed by atoms with Crippen LogP contribution in [0.25, 0.3) is 0 Å². The van der Waals surface area contributed by atoms with Gasteiger partial charge in [-0.2, -0.15) is 0 Å². The molecule has 0 bridgehead atoms. The number of benzene rings is 1. The van der Waals surface area contributed by atoms with Gasteiger partial charge in [0.2, 0.25) is 5.91 Å². The largest absolute Gasteiger partial charge is 0.325 e. The Morgan fingerprint density at radius 1 is 1.42 bits per heavy atom. The van der Waals surface area contributed by atoms with Crippen molar-refractivity contribution in [3.8, 4) is 0 Å². The molecule has 1 aromatic rings. The predicted molar refractivity (Wildman–Crippen MR) is 72.3 cm³/mol. The molecule has 102 valence electrons. The van der Waals surface area contributed by atoms with Crippen LogP contribution in [0.4, 0.5) is 11.4 Å². The highest BCUT2D eigenvalue weighted by Crippen LogP contribution is 2.27. The van der Waals surface area contributed by atoms with Crippen molar-refractivity contribution >= 4 is 28.9 Å². The van der Waals surface area contributed by atoms with E-state index in [1.807, 2.05) is 0 Å². The van der Waals surface area contributed by atoms with Crippen LogP contribution < -0.4 is 10.6 Å². The van der Waals surface area contributed by atoms with E-state index in [1.165, 1.54) is 18.2 Å². The number of nitrogens with zero attached hydrogens (tertiary/aromatic N) is 1. The Kier molecular flexibility index (Phi) is 4.34. The summed E-state index contributed by atoms with van der Waals surface area (Å²) in [6.07, 6.45) is 1.58. The Morgan fingerprint density at radius 2 is 2.11 bits per heavy atom. The Balaban J connectivity index is 2.06. The fourth-order valence-electron chi connectivity index (χ4n) is 2.04. The number of carbonyl (C=O) groups excluding carboxylic acids is 1. The Bertz CT molecular complexity index is 501. The zero-order valence-corrected chi connectivity index (χ0v) is 10.9. The van der Waals surface area contributed by atoms with Gasteiger partial charge < -0.3 is 10.6 Å². The van der Waals surface area contributed by atoms with Crippen LogP contribution in [0.5, 0.6) is 0 Å². The van der Waals surface area contributed by atoms with Gasteiger partial charge in [0.25, 0.3) is 5.69 Å². The lowest BCUT2D eigenvalue weighted by molar-refractivity contribution is -0.384. The van der Waals surface area contributed by atoms with Gasteiger partial charge >= 0.3 is 0 Å². The quantitative estimate of drug-likeness (QED) is 0.658. The maximum absolute atomic E-state index is 12.0. The SMILES string of the molecule is O=C(Nc1ccc([N+](=O)[O-])cc1Cl)C1CCNCC1. The second-order valence-corrected chi connectivity index (χ2v) is 4.84. The number of nitro groups is 1. The zero-order chi connectivity index (χ0) is 13.8. The minimum absolute atomic E-state index is 0.0347. The van der Waals surface area contributed by atoms with Crippen molar-refractivity contribution in [3.63, 3.8) is 0 Å². The standard InChI is InChI=1S/C12H14ClN3O3/c13-10-7-9(16(18)19)1-2-11(10)15-12(17)8-3-5-14-6-4-8/h1-2,7-8,14H,3-6H2,(H,15,17). The number of nitro benzene ring substituents is 1. The lowest BCUT2D eigenvalue weighted by Gasteiger charge is -2.21. The highest BCUT2D eigenvalue weighted by atomic mass is 35.5. The molecule has 1 amide bonds. The molecule has 19 heavy (non-hydrogen) atoms. The van der Waals surface area contributed by atoms with Crippen LogP contribution in [-0.2, 0) is 4.79 Å². The van der Waals surface area contributed by atoms with Crippen molar-refractivity contribution in [2.24, 2.45) is 5.92 Å². The molecule has 0 unspecified atom stereocenters. The van der Waals surface area contributed by atoms with Gasteiger partial charge in [0.1, 0.15) is 0 Å². The first-order chi connectivity index (χ1) is 9.08. The smallest absolute Gasteiger partial charge is 0.271 e. The number of non-ortho nitro benzene ring substituents is 1. The summed E-state index contributed by atoms with van der Waals surface area (Å²) >= 11 is 5.92. The molecular weight excluding hydrogens is 270 g/mol. The fourth-order valence-corrected chi connectivity index (χ4v) is 2.26. The van der Waals surface area contributed by atoms with E-state index in [1.54, 1.807) is 0 Å². The Labute approximate surface area is 115 Å². The third-order valence-electron chi connectivity index (χ3n) is 3.13. The van der Waals surface area contributed by atoms with Crippen molar-refractivity contribution in [1.82, 2.24) is 5.32 Å². The van der Waals surface area contributed by atoms with E-state index >= 15 is 0 Å². The average Bonchev–Trinajstić information content (AvgIpc) is 2.41. The van der Waals surface area contributed by atoms with Crippen LogP contribution in [0, 0.1) is 16.0 Å². The molecule has 0 radical (unpaired) electrons. The number of hydrogen-bond acceptors (Lipinski definition) is 4. The van der Waals surface area contributed by atoms with E-state index in [-0.39, 0.29) is 22.5 Å². The number of anilines is 1. The maximum atomic E-state index is 12.0. The summed E-state index contributed by atoms with van der Waals surface area (Å²) < 4.78 is 0. The van der Waals surface area contributed by atoms with E-state index in [2.05, 4.69) is 10.6 Å². The molecular formula is C12H14ClN3O3. The second kappa shape index (κ2) is 5.99. The molecule has 0 saturated carbocycles. The van der Waals surface area contributed by atoms with E-state index < -0.39 is 4.92 Å². The van der Waals surface area contributed by atoms with Gasteiger partial charge in [0.05, 0.1) is 15.6 Å². The van der Waals surface area contributed by atoms with Crippen molar-refractivity contribution in [2.75, 3.05) is 18.4 Å². The summed E-state index contributed by atoms with van der Waals surface area (Å²) in [7, 11) is 0. The van der Waals surface area contributed by atoms with Gasteiger partial charge in [-0.25, -0.2) is 0 Å². The van der Waals surface area contributed by atoms with Crippen LogP contribution in [0.2, 0.25) is 5.02 Å². The fraction of sp³-hybridized carbons (Fsp3) is 0.417. The van der Waals surface area contributed by atoms with E-state index in [0.29, 0.717) is 5.69 Å². The van der Waals surface area contributed by atoms with Gasteiger partial charge in [0, 0.05) is 18.1 Å². The summed E-state index contributed by atoms with van der Waals surface area (Å²) in [5.74, 6) is -0.121. The molecule has 1 heterocycles. The number of nitrogens with one attached hydrogen (secondary N) is 2. The van der Waals surface area contributed by atoms with Crippen LogP contribution >= 0.6 is 11.6 Å². The van der Waals surface area contributed by atoms with Crippen molar-refractivity contribution in [2.45, 2.75) is 12.8 Å². The summed E-state index contributed by atoms with van der Waals surface area (Å²) in [5.41, 5.74) is 0.320. The molecule has 7 heteroatoms. The highest BCUT2D eigenvalue weighted by Gasteiger charge is 2.21. The third-order valence-corrected chi connectivity index (χ3v) is 3.44. The van der Waals surface area contributed by atoms with Gasteiger partial charge in [-0.05, 0) is 32.0 Å². The van der Waals surface area contributed by atoms with Gasteiger partial charge in [0.15, 0.2) is 0 Å². The molecule has 1 fully saturated rings. The summed E-state index contributed by atoms with van der Waals surface area (Å²) in [6, 6.07) is 4.02. The number of amides is 1. The highest BCUT2D eigenvalue weighted by molar-refractivity contribution is 6.34. The van der Waals surface area contributed by atoms with Gasteiger partial charge in [-0.3, -0.25) is 14.9 Å². The first-order valence-corrected chi connectivity index (χ1v) is 6.41. The number of piperidine rings is 1. The van der Waals surface area contributed by atoms with Crippen molar-refractivity contribution in [1.29, 1.82) is 0 Å².